The number of carbonyl (C=O) groups excluding carboxylic acids is 4. The molecule has 0 spiro atoms. The van der Waals surface area contributed by atoms with E-state index in [1.807, 2.05) is 0 Å². The molecule has 0 radical (unpaired) electrons. The van der Waals surface area contributed by atoms with Crippen molar-refractivity contribution in [2.45, 2.75) is 6.42 Å². The molecule has 0 N–H and O–H groups in total. The predicted octanol–water partition coefficient (Wildman–Crippen LogP) is -0.904. The Morgan fingerprint density at radius 2 is 1.55 bits per heavy atom. The first-order valence-electron chi connectivity index (χ1n) is 5.62. The molecule has 0 saturated heterocycles. The average Bonchev–Trinajstić information content (AvgIpc) is 2.44. The minimum atomic E-state index is -1.95. The molecule has 1 aromatic carbocycles. The Hall–Kier alpha value is -2.70. The van der Waals surface area contributed by atoms with Gasteiger partial charge in [-0.25, -0.2) is 4.79 Å². The largest absolute Gasteiger partial charge is 0.542 e. The van der Waals surface area contributed by atoms with Crippen LogP contribution < -0.4 is 5.11 Å². The maximum Gasteiger partial charge on any atom is 0.338 e. The molecule has 0 unspecified atom stereocenters. The topological polar surface area (TPSA) is 110 Å². The van der Waals surface area contributed by atoms with Gasteiger partial charge in [0.15, 0.2) is 5.78 Å². The minimum Gasteiger partial charge on any atom is -0.542 e. The second kappa shape index (κ2) is 7.67. The molecule has 1 aromatic rings. The van der Waals surface area contributed by atoms with Crippen molar-refractivity contribution in [1.82, 2.24) is 0 Å². The molecule has 0 saturated carbocycles. The lowest BCUT2D eigenvalue weighted by Crippen LogP contribution is -2.33. The Bertz CT molecular complexity index is 507. The third-order valence-corrected chi connectivity index (χ3v) is 2.12. The van der Waals surface area contributed by atoms with Crippen molar-refractivity contribution in [3.05, 3.63) is 35.9 Å². The Balaban J connectivity index is 2.22. The fraction of sp³-hybridized carbons (Fsp3) is 0.231. The molecule has 0 aliphatic rings. The highest BCUT2D eigenvalue weighted by Crippen LogP contribution is 2.00. The molecule has 0 aromatic heterocycles. The zero-order valence-electron chi connectivity index (χ0n) is 10.4. The van der Waals surface area contributed by atoms with E-state index in [-0.39, 0.29) is 13.2 Å². The summed E-state index contributed by atoms with van der Waals surface area (Å²) < 4.78 is 9.32. The minimum absolute atomic E-state index is 0.195. The zero-order valence-corrected chi connectivity index (χ0v) is 10.4. The molecule has 0 heterocycles. The number of hydrogen-bond donors (Lipinski definition) is 0. The summed E-state index contributed by atoms with van der Waals surface area (Å²) in [6.45, 7) is -0.462. The number of rotatable bonds is 7. The number of carboxylic acid groups (broad SMARTS) is 1. The third kappa shape index (κ3) is 5.30. The summed E-state index contributed by atoms with van der Waals surface area (Å²) in [7, 11) is 0. The van der Waals surface area contributed by atoms with Crippen LogP contribution in [0.2, 0.25) is 0 Å². The number of esters is 2. The standard InChI is InChI=1S/C13H12O7/c14-10(12(16)17)8-11(15)19-6-7-20-13(18)9-4-2-1-3-5-9/h1-5H,6-8H2,(H,16,17)/p-1. The fourth-order valence-corrected chi connectivity index (χ4v) is 1.20. The Labute approximate surface area is 114 Å². The summed E-state index contributed by atoms with van der Waals surface area (Å²) in [5, 5.41) is 10.1. The SMILES string of the molecule is O=C(CC(=O)C(=O)[O-])OCCOC(=O)c1ccccc1. The summed E-state index contributed by atoms with van der Waals surface area (Å²) in [5.41, 5.74) is 0.353. The van der Waals surface area contributed by atoms with Gasteiger partial charge in [-0.3, -0.25) is 9.59 Å². The summed E-state index contributed by atoms with van der Waals surface area (Å²) >= 11 is 0. The molecule has 0 bridgehead atoms. The maximum atomic E-state index is 11.5. The lowest BCUT2D eigenvalue weighted by Gasteiger charge is -2.06. The van der Waals surface area contributed by atoms with Crippen LogP contribution in [0.25, 0.3) is 0 Å². The van der Waals surface area contributed by atoms with Crippen LogP contribution in [-0.4, -0.2) is 36.9 Å². The van der Waals surface area contributed by atoms with Crippen LogP contribution in [0.4, 0.5) is 0 Å². The van der Waals surface area contributed by atoms with Gasteiger partial charge in [0.05, 0.1) is 5.56 Å². The van der Waals surface area contributed by atoms with Crippen molar-refractivity contribution in [3.63, 3.8) is 0 Å². The second-order valence-electron chi connectivity index (χ2n) is 3.61. The van der Waals surface area contributed by atoms with Gasteiger partial charge in [0.25, 0.3) is 0 Å². The van der Waals surface area contributed by atoms with Gasteiger partial charge in [-0.15, -0.1) is 0 Å². The summed E-state index contributed by atoms with van der Waals surface area (Å²) in [6, 6.07) is 8.21. The predicted molar refractivity (Wildman–Crippen MR) is 62.3 cm³/mol. The Kier molecular flexibility index (Phi) is 5.89. The first-order chi connectivity index (χ1) is 9.50. The van der Waals surface area contributed by atoms with E-state index < -0.39 is 30.1 Å². The van der Waals surface area contributed by atoms with Crippen molar-refractivity contribution >= 4 is 23.7 Å². The van der Waals surface area contributed by atoms with Crippen LogP contribution in [0.1, 0.15) is 16.8 Å². The Morgan fingerprint density at radius 3 is 2.15 bits per heavy atom. The van der Waals surface area contributed by atoms with Gasteiger partial charge in [-0.1, -0.05) is 18.2 Å². The van der Waals surface area contributed by atoms with Crippen LogP contribution in [0.5, 0.6) is 0 Å². The average molecular weight is 279 g/mol. The van der Waals surface area contributed by atoms with Crippen LogP contribution in [0, 0.1) is 0 Å². The number of benzene rings is 1. The number of carbonyl (C=O) groups is 4. The molecule has 0 aliphatic carbocycles. The highest BCUT2D eigenvalue weighted by atomic mass is 16.6. The molecule has 0 fully saturated rings. The normalized spacial score (nSPS) is 9.60. The van der Waals surface area contributed by atoms with Gasteiger partial charge in [0, 0.05) is 0 Å². The quantitative estimate of drug-likeness (QED) is 0.275. The zero-order chi connectivity index (χ0) is 15.0. The van der Waals surface area contributed by atoms with Crippen molar-refractivity contribution in [1.29, 1.82) is 0 Å². The van der Waals surface area contributed by atoms with Gasteiger partial charge in [0.1, 0.15) is 25.6 Å². The fourth-order valence-electron chi connectivity index (χ4n) is 1.20. The van der Waals surface area contributed by atoms with E-state index in [9.17, 15) is 24.3 Å². The smallest absolute Gasteiger partial charge is 0.338 e. The van der Waals surface area contributed by atoms with Crippen LogP contribution in [-0.2, 0) is 23.9 Å². The van der Waals surface area contributed by atoms with Crippen molar-refractivity contribution < 1.29 is 33.8 Å². The second-order valence-corrected chi connectivity index (χ2v) is 3.61. The van der Waals surface area contributed by atoms with Gasteiger partial charge in [-0.2, -0.15) is 0 Å². The summed E-state index contributed by atoms with van der Waals surface area (Å²) in [6.07, 6.45) is -0.908. The number of Topliss-reactive ketones (excluding diaryl/α,β-unsaturated/α-hetero) is 1. The molecule has 20 heavy (non-hydrogen) atoms. The van der Waals surface area contributed by atoms with E-state index >= 15 is 0 Å². The van der Waals surface area contributed by atoms with E-state index in [0.29, 0.717) is 5.56 Å². The molecule has 0 aliphatic heterocycles. The highest BCUT2D eigenvalue weighted by Gasteiger charge is 2.12. The van der Waals surface area contributed by atoms with E-state index in [4.69, 9.17) is 4.74 Å². The summed E-state index contributed by atoms with van der Waals surface area (Å²) in [4.78, 5) is 43.2. The van der Waals surface area contributed by atoms with E-state index in [1.165, 1.54) is 0 Å². The first-order valence-corrected chi connectivity index (χ1v) is 5.62. The summed E-state index contributed by atoms with van der Waals surface area (Å²) in [5.74, 6) is -4.91. The van der Waals surface area contributed by atoms with Gasteiger partial charge < -0.3 is 19.4 Å². The van der Waals surface area contributed by atoms with Crippen LogP contribution in [0.3, 0.4) is 0 Å². The monoisotopic (exact) mass is 279 g/mol. The van der Waals surface area contributed by atoms with Crippen molar-refractivity contribution in [2.75, 3.05) is 13.2 Å². The first kappa shape index (κ1) is 15.4. The number of ketones is 1. The van der Waals surface area contributed by atoms with Crippen molar-refractivity contribution in [3.8, 4) is 0 Å². The van der Waals surface area contributed by atoms with Gasteiger partial charge >= 0.3 is 11.9 Å². The molecular formula is C13H11O7-. The third-order valence-electron chi connectivity index (χ3n) is 2.12. The van der Waals surface area contributed by atoms with Crippen molar-refractivity contribution in [2.24, 2.45) is 0 Å². The molecule has 7 heteroatoms. The highest BCUT2D eigenvalue weighted by molar-refractivity contribution is 6.34. The van der Waals surface area contributed by atoms with Gasteiger partial charge in [0.2, 0.25) is 0 Å². The van der Waals surface area contributed by atoms with E-state index in [1.54, 1.807) is 30.3 Å². The molecular weight excluding hydrogens is 268 g/mol. The van der Waals surface area contributed by atoms with E-state index in [2.05, 4.69) is 4.74 Å². The number of hydrogen-bond acceptors (Lipinski definition) is 7. The Morgan fingerprint density at radius 1 is 0.950 bits per heavy atom. The van der Waals surface area contributed by atoms with E-state index in [0.717, 1.165) is 0 Å². The lowest BCUT2D eigenvalue weighted by atomic mass is 10.2. The van der Waals surface area contributed by atoms with Crippen LogP contribution >= 0.6 is 0 Å². The lowest BCUT2D eigenvalue weighted by molar-refractivity contribution is -0.300. The van der Waals surface area contributed by atoms with Gasteiger partial charge in [-0.05, 0) is 12.1 Å². The molecule has 106 valence electrons. The molecule has 7 nitrogen and oxygen atoms in total. The molecule has 1 rings (SSSR count). The maximum absolute atomic E-state index is 11.5. The number of carboxylic acids is 1. The van der Waals surface area contributed by atoms with Crippen LogP contribution in [0.15, 0.2) is 30.3 Å². The number of aliphatic carboxylic acids is 1. The molecule has 0 amide bonds. The number of ether oxygens (including phenoxy) is 2. The molecule has 0 atom stereocenters.